The van der Waals surface area contributed by atoms with Crippen molar-refractivity contribution in [3.63, 3.8) is 0 Å². The molecule has 33 heavy (non-hydrogen) atoms. The molecule has 2 aromatic rings. The summed E-state index contributed by atoms with van der Waals surface area (Å²) in [4.78, 5) is 40.7. The van der Waals surface area contributed by atoms with Crippen LogP contribution in [0.2, 0.25) is 0 Å². The SMILES string of the molecule is CCC(=O)N1CCN(C(=O)[C@@H](NC(=O)c2ccc(C)cc2)S(=O)(=O)c2ccc(F)cc2)CC1. The van der Waals surface area contributed by atoms with E-state index in [0.717, 1.165) is 29.8 Å². The van der Waals surface area contributed by atoms with E-state index < -0.39 is 32.8 Å². The van der Waals surface area contributed by atoms with Crippen molar-refractivity contribution in [1.29, 1.82) is 0 Å². The number of hydrogen-bond donors (Lipinski definition) is 1. The molecule has 176 valence electrons. The third-order valence-corrected chi connectivity index (χ3v) is 7.37. The molecule has 0 aromatic heterocycles. The topological polar surface area (TPSA) is 104 Å². The quantitative estimate of drug-likeness (QED) is 0.641. The predicted octanol–water partition coefficient (Wildman–Crippen LogP) is 1.74. The van der Waals surface area contributed by atoms with Gasteiger partial charge in [-0.3, -0.25) is 14.4 Å². The third kappa shape index (κ3) is 5.57. The number of sulfone groups is 1. The highest BCUT2D eigenvalue weighted by Gasteiger charge is 2.39. The highest BCUT2D eigenvalue weighted by molar-refractivity contribution is 7.92. The summed E-state index contributed by atoms with van der Waals surface area (Å²) in [5, 5.41) is 0.458. The van der Waals surface area contributed by atoms with E-state index in [-0.39, 0.29) is 42.5 Å². The van der Waals surface area contributed by atoms with E-state index >= 15 is 0 Å². The normalized spacial score (nSPS) is 15.1. The van der Waals surface area contributed by atoms with Gasteiger partial charge in [-0.25, -0.2) is 12.8 Å². The van der Waals surface area contributed by atoms with E-state index in [1.807, 2.05) is 6.92 Å². The lowest BCUT2D eigenvalue weighted by Crippen LogP contribution is -2.57. The molecule has 0 radical (unpaired) electrons. The maximum Gasteiger partial charge on any atom is 0.261 e. The summed E-state index contributed by atoms with van der Waals surface area (Å²) >= 11 is 0. The fourth-order valence-corrected chi connectivity index (χ4v) is 4.97. The van der Waals surface area contributed by atoms with E-state index in [0.29, 0.717) is 6.42 Å². The second-order valence-corrected chi connectivity index (χ2v) is 9.81. The molecule has 8 nitrogen and oxygen atoms in total. The van der Waals surface area contributed by atoms with Crippen LogP contribution in [0.5, 0.6) is 0 Å². The smallest absolute Gasteiger partial charge is 0.261 e. The van der Waals surface area contributed by atoms with Gasteiger partial charge in [0, 0.05) is 38.2 Å². The zero-order valence-electron chi connectivity index (χ0n) is 18.5. The molecular weight excluding hydrogens is 449 g/mol. The number of nitrogens with one attached hydrogen (secondary N) is 1. The van der Waals surface area contributed by atoms with Crippen LogP contribution in [0.3, 0.4) is 0 Å². The molecule has 0 spiro atoms. The highest BCUT2D eigenvalue weighted by atomic mass is 32.2. The van der Waals surface area contributed by atoms with Crippen molar-refractivity contribution in [3.05, 3.63) is 65.5 Å². The van der Waals surface area contributed by atoms with Crippen LogP contribution in [0.1, 0.15) is 29.3 Å². The Morgan fingerprint density at radius 3 is 2.03 bits per heavy atom. The molecule has 1 fully saturated rings. The maximum absolute atomic E-state index is 13.3. The van der Waals surface area contributed by atoms with E-state index in [1.165, 1.54) is 17.0 Å². The number of carbonyl (C=O) groups is 3. The molecule has 0 bridgehead atoms. The first-order valence-corrected chi connectivity index (χ1v) is 12.1. The Bertz CT molecular complexity index is 1130. The highest BCUT2D eigenvalue weighted by Crippen LogP contribution is 2.19. The summed E-state index contributed by atoms with van der Waals surface area (Å²) in [5.41, 5.74) is 1.11. The number of aryl methyl sites for hydroxylation is 1. The van der Waals surface area contributed by atoms with E-state index in [4.69, 9.17) is 0 Å². The van der Waals surface area contributed by atoms with Crippen LogP contribution in [0.15, 0.2) is 53.4 Å². The van der Waals surface area contributed by atoms with Crippen LogP contribution in [0.25, 0.3) is 0 Å². The number of benzene rings is 2. The van der Waals surface area contributed by atoms with Crippen LogP contribution in [0, 0.1) is 12.7 Å². The van der Waals surface area contributed by atoms with Gasteiger partial charge in [0.15, 0.2) is 0 Å². The first kappa shape index (κ1) is 24.4. The van der Waals surface area contributed by atoms with Crippen molar-refractivity contribution >= 4 is 27.6 Å². The van der Waals surface area contributed by atoms with Crippen LogP contribution in [-0.4, -0.2) is 67.5 Å². The molecule has 1 heterocycles. The zero-order valence-corrected chi connectivity index (χ0v) is 19.3. The van der Waals surface area contributed by atoms with Gasteiger partial charge in [-0.15, -0.1) is 0 Å². The van der Waals surface area contributed by atoms with E-state index in [1.54, 1.807) is 24.0 Å². The molecule has 0 unspecified atom stereocenters. The molecule has 1 atom stereocenters. The largest absolute Gasteiger partial charge is 0.339 e. The molecule has 3 rings (SSSR count). The molecular formula is C23H26FN3O5S. The number of carbonyl (C=O) groups excluding carboxylic acids is 3. The van der Waals surface area contributed by atoms with Crippen molar-refractivity contribution in [1.82, 2.24) is 15.1 Å². The summed E-state index contributed by atoms with van der Waals surface area (Å²) in [5.74, 6) is -2.20. The fraction of sp³-hybridized carbons (Fsp3) is 0.348. The van der Waals surface area contributed by atoms with Crippen LogP contribution >= 0.6 is 0 Å². The minimum atomic E-state index is -4.38. The Balaban J connectivity index is 1.88. The number of amides is 3. The number of rotatable bonds is 6. The first-order chi connectivity index (χ1) is 15.6. The minimum absolute atomic E-state index is 0.0507. The number of nitrogens with zero attached hydrogens (tertiary/aromatic N) is 2. The van der Waals surface area contributed by atoms with Crippen molar-refractivity contribution < 1.29 is 27.2 Å². The van der Waals surface area contributed by atoms with Gasteiger partial charge in [0.1, 0.15) is 5.82 Å². The van der Waals surface area contributed by atoms with Crippen LogP contribution in [0.4, 0.5) is 4.39 Å². The summed E-state index contributed by atoms with van der Waals surface area (Å²) < 4.78 is 40.0. The standard InChI is InChI=1S/C23H26FN3O5S/c1-3-20(28)26-12-14-27(15-13-26)23(30)22(25-21(29)17-6-4-16(2)5-7-17)33(31,32)19-10-8-18(24)9-11-19/h4-11,22H,3,12-15H2,1-2H3,(H,25,29)/t22-/m0/s1. The Morgan fingerprint density at radius 1 is 0.939 bits per heavy atom. The van der Waals surface area contributed by atoms with Crippen molar-refractivity contribution in [2.75, 3.05) is 26.2 Å². The molecule has 2 aromatic carbocycles. The monoisotopic (exact) mass is 475 g/mol. The summed E-state index contributed by atoms with van der Waals surface area (Å²) in [6.07, 6.45) is 0.335. The average Bonchev–Trinajstić information content (AvgIpc) is 2.82. The van der Waals surface area contributed by atoms with Gasteiger partial charge in [0.05, 0.1) is 4.90 Å². The molecule has 0 aliphatic carbocycles. The molecule has 1 aliphatic heterocycles. The maximum atomic E-state index is 13.3. The molecule has 1 N–H and O–H groups in total. The molecule has 10 heteroatoms. The Morgan fingerprint density at radius 2 is 1.48 bits per heavy atom. The Labute approximate surface area is 192 Å². The van der Waals surface area contributed by atoms with Gasteiger partial charge >= 0.3 is 0 Å². The predicted molar refractivity (Wildman–Crippen MR) is 119 cm³/mol. The number of halogens is 1. The van der Waals surface area contributed by atoms with Gasteiger partial charge in [0.2, 0.25) is 21.1 Å². The van der Waals surface area contributed by atoms with Crippen LogP contribution < -0.4 is 5.32 Å². The second kappa shape index (κ2) is 10.1. The van der Waals surface area contributed by atoms with Gasteiger partial charge in [-0.05, 0) is 43.3 Å². The third-order valence-electron chi connectivity index (χ3n) is 5.50. The average molecular weight is 476 g/mol. The van der Waals surface area contributed by atoms with Gasteiger partial charge in [-0.1, -0.05) is 24.6 Å². The fourth-order valence-electron chi connectivity index (χ4n) is 3.51. The van der Waals surface area contributed by atoms with Crippen molar-refractivity contribution in [2.24, 2.45) is 0 Å². The number of hydrogen-bond acceptors (Lipinski definition) is 5. The Hall–Kier alpha value is -3.27. The molecule has 1 saturated heterocycles. The van der Waals surface area contributed by atoms with Crippen LogP contribution in [-0.2, 0) is 19.4 Å². The minimum Gasteiger partial charge on any atom is -0.339 e. The molecule has 0 saturated carbocycles. The number of piperazine rings is 1. The lowest BCUT2D eigenvalue weighted by molar-refractivity contribution is -0.139. The second-order valence-electron chi connectivity index (χ2n) is 7.78. The zero-order chi connectivity index (χ0) is 24.2. The summed E-state index contributed by atoms with van der Waals surface area (Å²) in [7, 11) is -4.38. The van der Waals surface area contributed by atoms with Crippen molar-refractivity contribution in [2.45, 2.75) is 30.5 Å². The van der Waals surface area contributed by atoms with Gasteiger partial charge in [-0.2, -0.15) is 0 Å². The molecule has 3 amide bonds. The van der Waals surface area contributed by atoms with E-state index in [2.05, 4.69) is 5.32 Å². The lowest BCUT2D eigenvalue weighted by atomic mass is 10.1. The van der Waals surface area contributed by atoms with Gasteiger partial charge in [0.25, 0.3) is 11.8 Å². The first-order valence-electron chi connectivity index (χ1n) is 10.6. The van der Waals surface area contributed by atoms with Crippen molar-refractivity contribution in [3.8, 4) is 0 Å². The summed E-state index contributed by atoms with van der Waals surface area (Å²) in [6, 6.07) is 10.5. The van der Waals surface area contributed by atoms with E-state index in [9.17, 15) is 27.2 Å². The van der Waals surface area contributed by atoms with Gasteiger partial charge < -0.3 is 15.1 Å². The molecule has 1 aliphatic rings. The summed E-state index contributed by atoms with van der Waals surface area (Å²) in [6.45, 7) is 4.41. The lowest BCUT2D eigenvalue weighted by Gasteiger charge is -2.36. The Kier molecular flexibility index (Phi) is 7.47.